The van der Waals surface area contributed by atoms with E-state index in [1.807, 2.05) is 42.5 Å². The van der Waals surface area contributed by atoms with Gasteiger partial charge in [0.15, 0.2) is 11.6 Å². The SMILES string of the molecule is Fc1ccc(CC=CCC2(c3ccc(Cl)cc3)CC2F)cc1Oc1ccccc1. The van der Waals surface area contributed by atoms with Crippen LogP contribution in [0.15, 0.2) is 84.9 Å². The largest absolute Gasteiger partial charge is 0.454 e. The van der Waals surface area contributed by atoms with Crippen LogP contribution in [-0.4, -0.2) is 6.17 Å². The molecule has 0 bridgehead atoms. The topological polar surface area (TPSA) is 9.23 Å². The zero-order valence-electron chi connectivity index (χ0n) is 15.8. The molecule has 4 heteroatoms. The number of ether oxygens (including phenoxy) is 1. The fourth-order valence-corrected chi connectivity index (χ4v) is 3.68. The molecule has 1 nitrogen and oxygen atoms in total. The number of allylic oxidation sites excluding steroid dienone is 2. The highest BCUT2D eigenvalue weighted by Gasteiger charge is 2.55. The Bertz CT molecular complexity index is 1000. The number of hydrogen-bond donors (Lipinski definition) is 0. The van der Waals surface area contributed by atoms with E-state index in [0.717, 1.165) is 11.1 Å². The minimum atomic E-state index is -0.829. The predicted molar refractivity (Wildman–Crippen MR) is 113 cm³/mol. The Hall–Kier alpha value is -2.65. The second-order valence-corrected chi connectivity index (χ2v) is 7.83. The quantitative estimate of drug-likeness (QED) is 0.368. The van der Waals surface area contributed by atoms with Gasteiger partial charge in [0.1, 0.15) is 11.9 Å². The maximum absolute atomic E-state index is 14.1. The van der Waals surface area contributed by atoms with Gasteiger partial charge in [0.25, 0.3) is 0 Å². The molecule has 2 atom stereocenters. The molecule has 148 valence electrons. The van der Waals surface area contributed by atoms with Gasteiger partial charge in [-0.15, -0.1) is 0 Å². The Morgan fingerprint density at radius 1 is 1.00 bits per heavy atom. The van der Waals surface area contributed by atoms with Gasteiger partial charge in [0.05, 0.1) is 0 Å². The van der Waals surface area contributed by atoms with E-state index in [1.54, 1.807) is 36.4 Å². The molecular formula is C25H21ClF2O. The van der Waals surface area contributed by atoms with E-state index in [2.05, 4.69) is 0 Å². The van der Waals surface area contributed by atoms with Gasteiger partial charge in [-0.05, 0) is 66.8 Å². The number of halogens is 3. The van der Waals surface area contributed by atoms with Crippen molar-refractivity contribution >= 4 is 11.6 Å². The molecule has 0 aliphatic heterocycles. The van der Waals surface area contributed by atoms with Gasteiger partial charge >= 0.3 is 0 Å². The van der Waals surface area contributed by atoms with Crippen LogP contribution in [0.25, 0.3) is 0 Å². The Kier molecular flexibility index (Phi) is 5.68. The molecule has 0 saturated heterocycles. The van der Waals surface area contributed by atoms with Crippen molar-refractivity contribution in [3.05, 3.63) is 107 Å². The summed E-state index contributed by atoms with van der Waals surface area (Å²) in [5.74, 6) is 0.388. The van der Waals surface area contributed by atoms with Crippen LogP contribution >= 0.6 is 11.6 Å². The standard InChI is InChI=1S/C25H21ClF2O/c26-20-12-10-19(11-13-20)25(17-24(25)28)15-5-4-6-18-9-14-22(27)23(16-18)29-21-7-2-1-3-8-21/h1-5,7-14,16,24H,6,15,17H2. The predicted octanol–water partition coefficient (Wildman–Crippen LogP) is 7.44. The molecule has 0 radical (unpaired) electrons. The number of benzene rings is 3. The fourth-order valence-electron chi connectivity index (χ4n) is 3.55. The van der Waals surface area contributed by atoms with Gasteiger partial charge in [0, 0.05) is 10.4 Å². The second kappa shape index (κ2) is 8.38. The van der Waals surface area contributed by atoms with Crippen LogP contribution in [0, 0.1) is 5.82 Å². The van der Waals surface area contributed by atoms with Crippen molar-refractivity contribution in [2.24, 2.45) is 0 Å². The summed E-state index contributed by atoms with van der Waals surface area (Å²) < 4.78 is 33.9. The molecule has 3 aromatic rings. The number of para-hydroxylation sites is 1. The Morgan fingerprint density at radius 3 is 2.41 bits per heavy atom. The highest BCUT2D eigenvalue weighted by molar-refractivity contribution is 6.30. The monoisotopic (exact) mass is 410 g/mol. The smallest absolute Gasteiger partial charge is 0.165 e. The van der Waals surface area contributed by atoms with E-state index in [1.165, 1.54) is 6.07 Å². The summed E-state index contributed by atoms with van der Waals surface area (Å²) in [6.07, 6.45) is 4.97. The van der Waals surface area contributed by atoms with Crippen molar-refractivity contribution in [3.8, 4) is 11.5 Å². The molecule has 0 amide bonds. The highest BCUT2D eigenvalue weighted by Crippen LogP contribution is 2.53. The van der Waals surface area contributed by atoms with Crippen LogP contribution in [0.4, 0.5) is 8.78 Å². The summed E-state index contributed by atoms with van der Waals surface area (Å²) in [6, 6.07) is 21.4. The van der Waals surface area contributed by atoms with Crippen LogP contribution in [0.5, 0.6) is 11.5 Å². The van der Waals surface area contributed by atoms with E-state index < -0.39 is 17.4 Å². The Balaban J connectivity index is 1.40. The van der Waals surface area contributed by atoms with E-state index in [-0.39, 0.29) is 5.75 Å². The average molecular weight is 411 g/mol. The first-order valence-electron chi connectivity index (χ1n) is 9.63. The molecule has 1 aliphatic carbocycles. The maximum Gasteiger partial charge on any atom is 0.165 e. The van der Waals surface area contributed by atoms with Crippen molar-refractivity contribution in [2.45, 2.75) is 30.8 Å². The fraction of sp³-hybridized carbons (Fsp3) is 0.200. The van der Waals surface area contributed by atoms with Gasteiger partial charge in [0.2, 0.25) is 0 Å². The summed E-state index contributed by atoms with van der Waals surface area (Å²) in [4.78, 5) is 0. The van der Waals surface area contributed by atoms with Crippen molar-refractivity contribution in [3.63, 3.8) is 0 Å². The molecule has 1 saturated carbocycles. The first-order valence-corrected chi connectivity index (χ1v) is 10.0. The number of alkyl halides is 1. The molecule has 0 heterocycles. The van der Waals surface area contributed by atoms with Crippen LogP contribution in [0.1, 0.15) is 24.0 Å². The van der Waals surface area contributed by atoms with Crippen LogP contribution in [0.2, 0.25) is 5.02 Å². The van der Waals surface area contributed by atoms with E-state index in [4.69, 9.17) is 16.3 Å². The molecule has 3 aromatic carbocycles. The normalized spacial score (nSPS) is 20.7. The molecule has 4 rings (SSSR count). The van der Waals surface area contributed by atoms with Crippen LogP contribution < -0.4 is 4.74 Å². The van der Waals surface area contributed by atoms with Gasteiger partial charge in [-0.25, -0.2) is 8.78 Å². The van der Waals surface area contributed by atoms with Crippen molar-refractivity contribution in [1.29, 1.82) is 0 Å². The van der Waals surface area contributed by atoms with E-state index in [0.29, 0.717) is 30.0 Å². The zero-order valence-corrected chi connectivity index (χ0v) is 16.6. The molecule has 29 heavy (non-hydrogen) atoms. The van der Waals surface area contributed by atoms with Crippen molar-refractivity contribution < 1.29 is 13.5 Å². The lowest BCUT2D eigenvalue weighted by Gasteiger charge is -2.13. The summed E-state index contributed by atoms with van der Waals surface area (Å²) in [5, 5.41) is 0.653. The van der Waals surface area contributed by atoms with Gasteiger partial charge in [-0.1, -0.05) is 60.2 Å². The number of hydrogen-bond acceptors (Lipinski definition) is 1. The second-order valence-electron chi connectivity index (χ2n) is 7.39. The lowest BCUT2D eigenvalue weighted by molar-refractivity contribution is 0.420. The van der Waals surface area contributed by atoms with E-state index in [9.17, 15) is 8.78 Å². The van der Waals surface area contributed by atoms with Crippen molar-refractivity contribution in [1.82, 2.24) is 0 Å². The van der Waals surface area contributed by atoms with Crippen LogP contribution in [-0.2, 0) is 11.8 Å². The first kappa shape index (κ1) is 19.7. The molecule has 0 spiro atoms. The molecule has 1 aliphatic rings. The number of rotatable bonds is 7. The molecular weight excluding hydrogens is 390 g/mol. The highest BCUT2D eigenvalue weighted by atomic mass is 35.5. The summed E-state index contributed by atoms with van der Waals surface area (Å²) in [6.45, 7) is 0. The third kappa shape index (κ3) is 4.51. The minimum absolute atomic E-state index is 0.200. The van der Waals surface area contributed by atoms with E-state index >= 15 is 0 Å². The van der Waals surface area contributed by atoms with Gasteiger partial charge in [-0.3, -0.25) is 0 Å². The average Bonchev–Trinajstić information content (AvgIpc) is 3.39. The molecule has 0 aromatic heterocycles. The Morgan fingerprint density at radius 2 is 1.72 bits per heavy atom. The first-order chi connectivity index (χ1) is 14.1. The maximum atomic E-state index is 14.1. The van der Waals surface area contributed by atoms with Gasteiger partial charge in [-0.2, -0.15) is 0 Å². The zero-order chi connectivity index (χ0) is 20.3. The minimum Gasteiger partial charge on any atom is -0.454 e. The summed E-state index contributed by atoms with van der Waals surface area (Å²) in [7, 11) is 0. The molecule has 0 N–H and O–H groups in total. The van der Waals surface area contributed by atoms with Crippen molar-refractivity contribution in [2.75, 3.05) is 0 Å². The van der Waals surface area contributed by atoms with Crippen LogP contribution in [0.3, 0.4) is 0 Å². The molecule has 1 fully saturated rings. The lowest BCUT2D eigenvalue weighted by Crippen LogP contribution is -2.09. The lowest BCUT2D eigenvalue weighted by atomic mass is 9.92. The third-order valence-corrected chi connectivity index (χ3v) is 5.62. The Labute approximate surface area is 174 Å². The van der Waals surface area contributed by atoms with Gasteiger partial charge < -0.3 is 4.74 Å². The third-order valence-electron chi connectivity index (χ3n) is 5.37. The summed E-state index contributed by atoms with van der Waals surface area (Å²) >= 11 is 5.94. The molecule has 2 unspecified atom stereocenters. The summed E-state index contributed by atoms with van der Waals surface area (Å²) in [5.41, 5.74) is 1.48.